The van der Waals surface area contributed by atoms with Crippen LogP contribution in [-0.2, 0) is 6.54 Å². The van der Waals surface area contributed by atoms with E-state index in [0.717, 1.165) is 22.3 Å². The van der Waals surface area contributed by atoms with E-state index in [1.165, 1.54) is 0 Å². The van der Waals surface area contributed by atoms with Crippen LogP contribution in [0.5, 0.6) is 5.75 Å². The Labute approximate surface area is 208 Å². The molecule has 0 N–H and O–H groups in total. The molecule has 1 aliphatic heterocycles. The summed E-state index contributed by atoms with van der Waals surface area (Å²) < 4.78 is 11.9. The lowest BCUT2D eigenvalue weighted by atomic mass is 9.96. The second-order valence-corrected chi connectivity index (χ2v) is 9.14. The summed E-state index contributed by atoms with van der Waals surface area (Å²) in [4.78, 5) is 29.3. The molecule has 0 aliphatic carbocycles. The molecule has 0 fully saturated rings. The van der Waals surface area contributed by atoms with Crippen LogP contribution in [-0.4, -0.2) is 17.4 Å². The SMILES string of the molecule is C=CCOc1cccc(C2c3c(oc4cc(C)cc(C)c4c3=O)C(=O)N2Cc2ccccc2Cl)c1. The van der Waals surface area contributed by atoms with Gasteiger partial charge in [-0.2, -0.15) is 0 Å². The van der Waals surface area contributed by atoms with Crippen molar-refractivity contribution in [2.24, 2.45) is 0 Å². The minimum absolute atomic E-state index is 0.0713. The van der Waals surface area contributed by atoms with Gasteiger partial charge in [-0.25, -0.2) is 0 Å². The van der Waals surface area contributed by atoms with Crippen LogP contribution in [0.15, 0.2) is 82.5 Å². The minimum Gasteiger partial charge on any atom is -0.490 e. The van der Waals surface area contributed by atoms with E-state index in [4.69, 9.17) is 20.8 Å². The highest BCUT2D eigenvalue weighted by atomic mass is 35.5. The molecule has 1 atom stereocenters. The van der Waals surface area contributed by atoms with Crippen LogP contribution < -0.4 is 10.2 Å². The lowest BCUT2D eigenvalue weighted by Crippen LogP contribution is -2.29. The number of carbonyl (C=O) groups excluding carboxylic acids is 1. The number of carbonyl (C=O) groups is 1. The van der Waals surface area contributed by atoms with Gasteiger partial charge < -0.3 is 14.1 Å². The lowest BCUT2D eigenvalue weighted by molar-refractivity contribution is 0.0714. The molecule has 1 amide bonds. The van der Waals surface area contributed by atoms with Crippen molar-refractivity contribution in [3.05, 3.63) is 122 Å². The number of rotatable bonds is 6. The molecule has 2 heterocycles. The van der Waals surface area contributed by atoms with E-state index in [1.807, 2.05) is 62.4 Å². The largest absolute Gasteiger partial charge is 0.490 e. The van der Waals surface area contributed by atoms with E-state index >= 15 is 0 Å². The van der Waals surface area contributed by atoms with Crippen LogP contribution in [0.4, 0.5) is 0 Å². The van der Waals surface area contributed by atoms with Crippen molar-refractivity contribution >= 4 is 28.5 Å². The van der Waals surface area contributed by atoms with Crippen LogP contribution in [0, 0.1) is 13.8 Å². The summed E-state index contributed by atoms with van der Waals surface area (Å²) in [5, 5.41) is 1.04. The van der Waals surface area contributed by atoms with E-state index in [2.05, 4.69) is 6.58 Å². The fourth-order valence-electron chi connectivity index (χ4n) is 4.76. The summed E-state index contributed by atoms with van der Waals surface area (Å²) in [6.07, 6.45) is 1.66. The number of ether oxygens (including phenoxy) is 1. The van der Waals surface area contributed by atoms with E-state index in [9.17, 15) is 9.59 Å². The maximum absolute atomic E-state index is 13.9. The molecule has 4 aromatic rings. The molecule has 35 heavy (non-hydrogen) atoms. The molecule has 6 heteroatoms. The van der Waals surface area contributed by atoms with Crippen LogP contribution in [0.3, 0.4) is 0 Å². The van der Waals surface area contributed by atoms with Crippen LogP contribution in [0.25, 0.3) is 11.0 Å². The first-order valence-electron chi connectivity index (χ1n) is 11.3. The lowest BCUT2D eigenvalue weighted by Gasteiger charge is -2.26. The first-order chi connectivity index (χ1) is 16.9. The Bertz CT molecular complexity index is 1540. The number of hydrogen-bond donors (Lipinski definition) is 0. The highest BCUT2D eigenvalue weighted by Gasteiger charge is 2.43. The molecule has 0 bridgehead atoms. The molecule has 1 aromatic heterocycles. The molecule has 1 unspecified atom stereocenters. The summed E-state index contributed by atoms with van der Waals surface area (Å²) in [5.74, 6) is 0.348. The van der Waals surface area contributed by atoms with Crippen molar-refractivity contribution in [1.82, 2.24) is 4.90 Å². The smallest absolute Gasteiger partial charge is 0.291 e. The maximum atomic E-state index is 13.9. The number of aryl methyl sites for hydroxylation is 2. The van der Waals surface area contributed by atoms with Gasteiger partial charge in [0.1, 0.15) is 17.9 Å². The molecule has 0 saturated carbocycles. The summed E-state index contributed by atoms with van der Waals surface area (Å²) >= 11 is 6.44. The van der Waals surface area contributed by atoms with Crippen molar-refractivity contribution in [3.63, 3.8) is 0 Å². The highest BCUT2D eigenvalue weighted by molar-refractivity contribution is 6.31. The Balaban J connectivity index is 1.73. The predicted octanol–water partition coefficient (Wildman–Crippen LogP) is 6.37. The quantitative estimate of drug-likeness (QED) is 0.297. The average molecular weight is 486 g/mol. The summed E-state index contributed by atoms with van der Waals surface area (Å²) in [6, 6.07) is 17.9. The van der Waals surface area contributed by atoms with Crippen molar-refractivity contribution in [2.75, 3.05) is 6.61 Å². The minimum atomic E-state index is -0.651. The third-order valence-corrected chi connectivity index (χ3v) is 6.62. The van der Waals surface area contributed by atoms with E-state index in [0.29, 0.717) is 33.9 Å². The topological polar surface area (TPSA) is 59.8 Å². The molecule has 0 radical (unpaired) electrons. The van der Waals surface area contributed by atoms with Gasteiger partial charge in [-0.15, -0.1) is 0 Å². The van der Waals surface area contributed by atoms with Crippen LogP contribution >= 0.6 is 11.6 Å². The molecular weight excluding hydrogens is 462 g/mol. The zero-order chi connectivity index (χ0) is 24.7. The van der Waals surface area contributed by atoms with Gasteiger partial charge in [-0.05, 0) is 60.4 Å². The Morgan fingerprint density at radius 2 is 1.89 bits per heavy atom. The van der Waals surface area contributed by atoms with Gasteiger partial charge >= 0.3 is 0 Å². The van der Waals surface area contributed by atoms with Gasteiger partial charge in [0.2, 0.25) is 5.76 Å². The average Bonchev–Trinajstić information content (AvgIpc) is 3.10. The highest BCUT2D eigenvalue weighted by Crippen LogP contribution is 2.41. The normalized spacial score (nSPS) is 14.9. The molecule has 0 saturated heterocycles. The maximum Gasteiger partial charge on any atom is 0.291 e. The number of benzene rings is 3. The third kappa shape index (κ3) is 4.02. The Kier molecular flexibility index (Phi) is 5.95. The van der Waals surface area contributed by atoms with Crippen LogP contribution in [0.2, 0.25) is 5.02 Å². The van der Waals surface area contributed by atoms with Gasteiger partial charge in [0.25, 0.3) is 5.91 Å². The molecule has 5 nitrogen and oxygen atoms in total. The molecule has 176 valence electrons. The second-order valence-electron chi connectivity index (χ2n) is 8.73. The summed E-state index contributed by atoms with van der Waals surface area (Å²) in [6.45, 7) is 8.08. The second kappa shape index (κ2) is 9.08. The van der Waals surface area contributed by atoms with E-state index in [-0.39, 0.29) is 23.6 Å². The van der Waals surface area contributed by atoms with Gasteiger partial charge in [0, 0.05) is 11.6 Å². The Morgan fingerprint density at radius 3 is 2.66 bits per heavy atom. The fraction of sp³-hybridized carbons (Fsp3) is 0.172. The Morgan fingerprint density at radius 1 is 1.09 bits per heavy atom. The third-order valence-electron chi connectivity index (χ3n) is 6.25. The number of nitrogens with zero attached hydrogens (tertiary/aromatic N) is 1. The van der Waals surface area contributed by atoms with Crippen LogP contribution in [0.1, 0.15) is 44.4 Å². The number of halogens is 1. The number of amides is 1. The zero-order valence-electron chi connectivity index (χ0n) is 19.5. The summed E-state index contributed by atoms with van der Waals surface area (Å²) in [5.41, 5.74) is 3.86. The first-order valence-corrected chi connectivity index (χ1v) is 11.7. The molecule has 1 aliphatic rings. The zero-order valence-corrected chi connectivity index (χ0v) is 20.3. The van der Waals surface area contributed by atoms with Crippen molar-refractivity contribution < 1.29 is 13.9 Å². The monoisotopic (exact) mass is 485 g/mol. The Hall–Kier alpha value is -3.83. The fourth-order valence-corrected chi connectivity index (χ4v) is 4.96. The number of fused-ring (bicyclic) bond motifs is 2. The molecular formula is C29H24ClNO4. The van der Waals surface area contributed by atoms with E-state index in [1.54, 1.807) is 23.1 Å². The van der Waals surface area contributed by atoms with Crippen molar-refractivity contribution in [3.8, 4) is 5.75 Å². The van der Waals surface area contributed by atoms with Crippen molar-refractivity contribution in [2.45, 2.75) is 26.4 Å². The van der Waals surface area contributed by atoms with Gasteiger partial charge in [0.05, 0.1) is 17.0 Å². The van der Waals surface area contributed by atoms with Gasteiger partial charge in [-0.1, -0.05) is 60.7 Å². The molecule has 5 rings (SSSR count). The van der Waals surface area contributed by atoms with E-state index < -0.39 is 6.04 Å². The molecule has 3 aromatic carbocycles. The van der Waals surface area contributed by atoms with Gasteiger partial charge in [0.15, 0.2) is 5.43 Å². The number of hydrogen-bond acceptors (Lipinski definition) is 4. The first kappa shape index (κ1) is 22.9. The van der Waals surface area contributed by atoms with Gasteiger partial charge in [-0.3, -0.25) is 9.59 Å². The van der Waals surface area contributed by atoms with Crippen molar-refractivity contribution in [1.29, 1.82) is 0 Å². The molecule has 0 spiro atoms. The standard InChI is InChI=1S/C29H24ClNO4/c1-4-12-34-21-10-7-9-19(15-21)26-25-27(32)24-18(3)13-17(2)14-23(24)35-28(25)29(33)31(26)16-20-8-5-6-11-22(20)30/h4-11,13-15,26H,1,12,16H2,2-3H3. The predicted molar refractivity (Wildman–Crippen MR) is 137 cm³/mol. The summed E-state index contributed by atoms with van der Waals surface area (Å²) in [7, 11) is 0.